The molecule has 1 aromatic carbocycles. The van der Waals surface area contributed by atoms with Gasteiger partial charge in [0.15, 0.2) is 0 Å². The highest BCUT2D eigenvalue weighted by Gasteiger charge is 2.23. The van der Waals surface area contributed by atoms with Crippen LogP contribution in [0.5, 0.6) is 0 Å². The SMILES string of the molecule is Cc1ccc(C)c(C(=O)NN2CCN(C)CC2)c1C(=O)O. The maximum atomic E-state index is 12.5. The molecule has 2 N–H and O–H groups in total. The smallest absolute Gasteiger partial charge is 0.336 e. The van der Waals surface area contributed by atoms with Gasteiger partial charge in [0.05, 0.1) is 11.1 Å². The highest BCUT2D eigenvalue weighted by atomic mass is 16.4. The Morgan fingerprint density at radius 2 is 1.57 bits per heavy atom. The number of aryl methyl sites for hydroxylation is 2. The third-order valence-electron chi connectivity index (χ3n) is 3.83. The summed E-state index contributed by atoms with van der Waals surface area (Å²) < 4.78 is 0. The molecule has 1 heterocycles. The number of hydrazine groups is 1. The molecule has 1 fully saturated rings. The molecule has 0 aliphatic carbocycles. The van der Waals surface area contributed by atoms with Gasteiger partial charge in [-0.3, -0.25) is 10.2 Å². The predicted octanol–water partition coefficient (Wildman–Crippen LogP) is 0.894. The van der Waals surface area contributed by atoms with Gasteiger partial charge in [-0.15, -0.1) is 0 Å². The van der Waals surface area contributed by atoms with E-state index in [1.807, 2.05) is 12.1 Å². The highest BCUT2D eigenvalue weighted by Crippen LogP contribution is 2.19. The van der Waals surface area contributed by atoms with Crippen molar-refractivity contribution in [2.24, 2.45) is 0 Å². The first kappa shape index (κ1) is 15.5. The molecule has 1 aromatic rings. The van der Waals surface area contributed by atoms with E-state index >= 15 is 0 Å². The quantitative estimate of drug-likeness (QED) is 0.865. The molecule has 0 aromatic heterocycles. The summed E-state index contributed by atoms with van der Waals surface area (Å²) in [5, 5.41) is 11.2. The van der Waals surface area contributed by atoms with Crippen LogP contribution in [0.25, 0.3) is 0 Å². The summed E-state index contributed by atoms with van der Waals surface area (Å²) >= 11 is 0. The van der Waals surface area contributed by atoms with Crippen LogP contribution in [0.15, 0.2) is 12.1 Å². The molecular formula is C15H21N3O3. The highest BCUT2D eigenvalue weighted by molar-refractivity contribution is 6.06. The van der Waals surface area contributed by atoms with E-state index < -0.39 is 5.97 Å². The van der Waals surface area contributed by atoms with E-state index in [4.69, 9.17) is 0 Å². The Bertz CT molecular complexity index is 564. The maximum absolute atomic E-state index is 12.5. The first-order valence-electron chi connectivity index (χ1n) is 6.98. The van der Waals surface area contributed by atoms with Crippen LogP contribution in [0, 0.1) is 13.8 Å². The predicted molar refractivity (Wildman–Crippen MR) is 79.4 cm³/mol. The fourth-order valence-electron chi connectivity index (χ4n) is 2.50. The van der Waals surface area contributed by atoms with Crippen molar-refractivity contribution in [1.29, 1.82) is 0 Å². The Morgan fingerprint density at radius 1 is 1.05 bits per heavy atom. The van der Waals surface area contributed by atoms with Gasteiger partial charge in [-0.1, -0.05) is 12.1 Å². The van der Waals surface area contributed by atoms with Crippen molar-refractivity contribution < 1.29 is 14.7 Å². The van der Waals surface area contributed by atoms with Crippen LogP contribution in [0.2, 0.25) is 0 Å². The molecule has 1 amide bonds. The number of rotatable bonds is 3. The summed E-state index contributed by atoms with van der Waals surface area (Å²) in [6.07, 6.45) is 0. The molecule has 0 atom stereocenters. The number of likely N-dealkylation sites (N-methyl/N-ethyl adjacent to an activating group) is 1. The number of nitrogens with one attached hydrogen (secondary N) is 1. The van der Waals surface area contributed by atoms with Crippen LogP contribution >= 0.6 is 0 Å². The van der Waals surface area contributed by atoms with Crippen molar-refractivity contribution in [3.63, 3.8) is 0 Å². The van der Waals surface area contributed by atoms with E-state index in [0.29, 0.717) is 11.1 Å². The molecule has 0 unspecified atom stereocenters. The zero-order valence-electron chi connectivity index (χ0n) is 12.6. The molecule has 1 saturated heterocycles. The van der Waals surface area contributed by atoms with Gasteiger partial charge < -0.3 is 10.0 Å². The molecule has 6 heteroatoms. The standard InChI is InChI=1S/C15H21N3O3/c1-10-4-5-11(2)13(15(20)21)12(10)14(19)16-18-8-6-17(3)7-9-18/h4-5H,6-9H2,1-3H3,(H,16,19)(H,20,21). The number of carboxylic acid groups (broad SMARTS) is 1. The zero-order chi connectivity index (χ0) is 15.6. The number of nitrogens with zero attached hydrogens (tertiary/aromatic N) is 2. The fourth-order valence-corrected chi connectivity index (χ4v) is 2.50. The monoisotopic (exact) mass is 291 g/mol. The summed E-state index contributed by atoms with van der Waals surface area (Å²) in [6, 6.07) is 3.51. The lowest BCUT2D eigenvalue weighted by Crippen LogP contribution is -2.52. The van der Waals surface area contributed by atoms with Crippen molar-refractivity contribution in [2.75, 3.05) is 33.2 Å². The second-order valence-corrected chi connectivity index (χ2v) is 5.49. The molecule has 0 radical (unpaired) electrons. The van der Waals surface area contributed by atoms with Crippen LogP contribution in [-0.2, 0) is 0 Å². The molecule has 6 nitrogen and oxygen atoms in total. The normalized spacial score (nSPS) is 16.7. The maximum Gasteiger partial charge on any atom is 0.336 e. The van der Waals surface area contributed by atoms with Gasteiger partial charge in [0.2, 0.25) is 0 Å². The summed E-state index contributed by atoms with van der Waals surface area (Å²) in [5.74, 6) is -1.42. The van der Waals surface area contributed by atoms with Crippen LogP contribution in [0.3, 0.4) is 0 Å². The minimum Gasteiger partial charge on any atom is -0.478 e. The second kappa shape index (κ2) is 6.24. The fraction of sp³-hybridized carbons (Fsp3) is 0.467. The van der Waals surface area contributed by atoms with Crippen molar-refractivity contribution in [3.05, 3.63) is 34.4 Å². The van der Waals surface area contributed by atoms with Gasteiger partial charge in [0.25, 0.3) is 5.91 Å². The topological polar surface area (TPSA) is 72.9 Å². The minimum atomic E-state index is -1.07. The Labute approximate surface area is 124 Å². The molecule has 2 rings (SSSR count). The summed E-state index contributed by atoms with van der Waals surface area (Å²) in [4.78, 5) is 26.1. The molecule has 114 valence electrons. The summed E-state index contributed by atoms with van der Waals surface area (Å²) in [7, 11) is 2.03. The number of hydrogen-bond donors (Lipinski definition) is 2. The number of carbonyl (C=O) groups excluding carboxylic acids is 1. The third kappa shape index (κ3) is 3.40. The Morgan fingerprint density at radius 3 is 2.10 bits per heavy atom. The number of carboxylic acids is 1. The molecule has 1 aliphatic rings. The summed E-state index contributed by atoms with van der Waals surface area (Å²) in [6.45, 7) is 6.67. The van der Waals surface area contributed by atoms with Gasteiger partial charge in [0, 0.05) is 26.2 Å². The Balaban J connectivity index is 2.23. The van der Waals surface area contributed by atoms with E-state index in [1.54, 1.807) is 26.0 Å². The molecule has 21 heavy (non-hydrogen) atoms. The number of hydrogen-bond acceptors (Lipinski definition) is 4. The van der Waals surface area contributed by atoms with E-state index in [-0.39, 0.29) is 17.0 Å². The van der Waals surface area contributed by atoms with Gasteiger partial charge in [-0.05, 0) is 32.0 Å². The van der Waals surface area contributed by atoms with Gasteiger partial charge in [0.1, 0.15) is 0 Å². The lowest BCUT2D eigenvalue weighted by atomic mass is 9.97. The van der Waals surface area contributed by atoms with E-state index in [9.17, 15) is 14.7 Å². The van der Waals surface area contributed by atoms with Gasteiger partial charge >= 0.3 is 5.97 Å². The number of carbonyl (C=O) groups is 2. The summed E-state index contributed by atoms with van der Waals surface area (Å²) in [5.41, 5.74) is 4.42. The Hall–Kier alpha value is -1.92. The average molecular weight is 291 g/mol. The van der Waals surface area contributed by atoms with Crippen molar-refractivity contribution in [3.8, 4) is 0 Å². The largest absolute Gasteiger partial charge is 0.478 e. The molecular weight excluding hydrogens is 270 g/mol. The third-order valence-corrected chi connectivity index (χ3v) is 3.83. The van der Waals surface area contributed by atoms with Gasteiger partial charge in [-0.25, -0.2) is 9.80 Å². The minimum absolute atomic E-state index is 0.0848. The lowest BCUT2D eigenvalue weighted by molar-refractivity contribution is 0.0637. The first-order chi connectivity index (χ1) is 9.90. The second-order valence-electron chi connectivity index (χ2n) is 5.49. The molecule has 1 aliphatic heterocycles. The van der Waals surface area contributed by atoms with Crippen molar-refractivity contribution in [1.82, 2.24) is 15.3 Å². The molecule has 0 bridgehead atoms. The lowest BCUT2D eigenvalue weighted by Gasteiger charge is -2.32. The number of piperazine rings is 1. The van der Waals surface area contributed by atoms with Crippen molar-refractivity contribution >= 4 is 11.9 Å². The molecule has 0 spiro atoms. The Kier molecular flexibility index (Phi) is 4.59. The van der Waals surface area contributed by atoms with Crippen LogP contribution < -0.4 is 5.43 Å². The number of aromatic carboxylic acids is 1. The van der Waals surface area contributed by atoms with Crippen molar-refractivity contribution in [2.45, 2.75) is 13.8 Å². The number of amides is 1. The van der Waals surface area contributed by atoms with E-state index in [0.717, 1.165) is 26.2 Å². The molecule has 0 saturated carbocycles. The van der Waals surface area contributed by atoms with Crippen LogP contribution in [0.4, 0.5) is 0 Å². The average Bonchev–Trinajstić information content (AvgIpc) is 2.43. The zero-order valence-corrected chi connectivity index (χ0v) is 12.6. The van der Waals surface area contributed by atoms with Crippen LogP contribution in [-0.4, -0.2) is 60.1 Å². The first-order valence-corrected chi connectivity index (χ1v) is 6.98. The number of benzene rings is 1. The van der Waals surface area contributed by atoms with E-state index in [1.165, 1.54) is 0 Å². The van der Waals surface area contributed by atoms with E-state index in [2.05, 4.69) is 10.3 Å². The van der Waals surface area contributed by atoms with Crippen LogP contribution in [0.1, 0.15) is 31.8 Å². The van der Waals surface area contributed by atoms with Gasteiger partial charge in [-0.2, -0.15) is 0 Å².